The highest BCUT2D eigenvalue weighted by molar-refractivity contribution is 7.89. The second kappa shape index (κ2) is 8.10. The van der Waals surface area contributed by atoms with Crippen molar-refractivity contribution in [3.63, 3.8) is 0 Å². The number of benzene rings is 2. The zero-order chi connectivity index (χ0) is 19.4. The normalized spacial score (nSPS) is 15.2. The van der Waals surface area contributed by atoms with Gasteiger partial charge in [-0.05, 0) is 50.2 Å². The number of nitrogens with one attached hydrogen (secondary N) is 1. The Morgan fingerprint density at radius 1 is 0.926 bits per heavy atom. The molecule has 0 atom stereocenters. The van der Waals surface area contributed by atoms with Crippen LogP contribution in [0.4, 0.5) is 5.69 Å². The van der Waals surface area contributed by atoms with Crippen LogP contribution >= 0.6 is 0 Å². The summed E-state index contributed by atoms with van der Waals surface area (Å²) in [5.41, 5.74) is 1.67. The van der Waals surface area contributed by atoms with Gasteiger partial charge in [-0.15, -0.1) is 0 Å². The molecule has 2 aromatic carbocycles. The number of carbonyl (C=O) groups is 1. The molecule has 0 unspecified atom stereocenters. The van der Waals surface area contributed by atoms with Crippen LogP contribution in [0.3, 0.4) is 0 Å². The van der Waals surface area contributed by atoms with Crippen LogP contribution in [0.2, 0.25) is 0 Å². The van der Waals surface area contributed by atoms with Crippen molar-refractivity contribution >= 4 is 21.6 Å². The van der Waals surface area contributed by atoms with Gasteiger partial charge in [-0.25, -0.2) is 13.1 Å². The third-order valence-electron chi connectivity index (χ3n) is 4.49. The SMILES string of the molecule is CC(C)NS(=O)(=O)c1ccc(C(=O)N2CCN(c3ccccc3)CC2)cc1. The summed E-state index contributed by atoms with van der Waals surface area (Å²) in [5, 5.41) is 0. The van der Waals surface area contributed by atoms with Gasteiger partial charge in [-0.1, -0.05) is 18.2 Å². The first-order valence-electron chi connectivity index (χ1n) is 9.08. The van der Waals surface area contributed by atoms with Gasteiger partial charge in [0, 0.05) is 43.5 Å². The molecule has 1 fully saturated rings. The minimum atomic E-state index is -3.55. The lowest BCUT2D eigenvalue weighted by Crippen LogP contribution is -2.48. The van der Waals surface area contributed by atoms with Gasteiger partial charge in [0.1, 0.15) is 0 Å². The maximum Gasteiger partial charge on any atom is 0.253 e. The Hall–Kier alpha value is -2.38. The first-order valence-corrected chi connectivity index (χ1v) is 10.6. The topological polar surface area (TPSA) is 69.7 Å². The third-order valence-corrected chi connectivity index (χ3v) is 6.17. The molecule has 2 aromatic rings. The van der Waals surface area contributed by atoms with Crippen molar-refractivity contribution in [3.8, 4) is 0 Å². The number of hydrogen-bond donors (Lipinski definition) is 1. The van der Waals surface area contributed by atoms with Gasteiger partial charge in [0.25, 0.3) is 5.91 Å². The summed E-state index contributed by atoms with van der Waals surface area (Å²) < 4.78 is 26.9. The van der Waals surface area contributed by atoms with Crippen molar-refractivity contribution in [1.82, 2.24) is 9.62 Å². The summed E-state index contributed by atoms with van der Waals surface area (Å²) in [4.78, 5) is 17.0. The maximum atomic E-state index is 12.7. The fraction of sp³-hybridized carbons (Fsp3) is 0.350. The lowest BCUT2D eigenvalue weighted by Gasteiger charge is -2.36. The molecule has 7 heteroatoms. The summed E-state index contributed by atoms with van der Waals surface area (Å²) >= 11 is 0. The highest BCUT2D eigenvalue weighted by atomic mass is 32.2. The van der Waals surface area contributed by atoms with E-state index in [-0.39, 0.29) is 16.8 Å². The Balaban J connectivity index is 1.63. The minimum absolute atomic E-state index is 0.0662. The number of para-hydroxylation sites is 1. The van der Waals surface area contributed by atoms with E-state index in [0.29, 0.717) is 18.7 Å². The zero-order valence-corrected chi connectivity index (χ0v) is 16.4. The molecule has 1 aliphatic heterocycles. The number of piperazine rings is 1. The van der Waals surface area contributed by atoms with Gasteiger partial charge in [-0.3, -0.25) is 4.79 Å². The monoisotopic (exact) mass is 387 g/mol. The minimum Gasteiger partial charge on any atom is -0.368 e. The number of rotatable bonds is 5. The Morgan fingerprint density at radius 2 is 1.52 bits per heavy atom. The Bertz CT molecular complexity index is 872. The van der Waals surface area contributed by atoms with Crippen LogP contribution in [0.15, 0.2) is 59.5 Å². The van der Waals surface area contributed by atoms with E-state index in [2.05, 4.69) is 21.8 Å². The standard InChI is InChI=1S/C20H25N3O3S/c1-16(2)21-27(25,26)19-10-8-17(9-11-19)20(24)23-14-12-22(13-15-23)18-6-4-3-5-7-18/h3-11,16,21H,12-15H2,1-2H3. The molecule has 0 aromatic heterocycles. The molecule has 27 heavy (non-hydrogen) atoms. The Labute approximate surface area is 160 Å². The highest BCUT2D eigenvalue weighted by Crippen LogP contribution is 2.18. The van der Waals surface area contributed by atoms with E-state index in [9.17, 15) is 13.2 Å². The highest BCUT2D eigenvalue weighted by Gasteiger charge is 2.23. The molecular weight excluding hydrogens is 362 g/mol. The van der Waals surface area contributed by atoms with Crippen LogP contribution in [0.5, 0.6) is 0 Å². The molecule has 1 N–H and O–H groups in total. The van der Waals surface area contributed by atoms with E-state index in [4.69, 9.17) is 0 Å². The summed E-state index contributed by atoms with van der Waals surface area (Å²) in [7, 11) is -3.55. The van der Waals surface area contributed by atoms with Gasteiger partial charge in [0.15, 0.2) is 0 Å². The molecule has 1 aliphatic rings. The summed E-state index contributed by atoms with van der Waals surface area (Å²) in [6.45, 7) is 6.38. The van der Waals surface area contributed by atoms with Crippen LogP contribution in [0.25, 0.3) is 0 Å². The number of hydrogen-bond acceptors (Lipinski definition) is 4. The molecule has 3 rings (SSSR count). The number of carbonyl (C=O) groups excluding carboxylic acids is 1. The van der Waals surface area contributed by atoms with E-state index >= 15 is 0 Å². The Morgan fingerprint density at radius 3 is 2.07 bits per heavy atom. The Kier molecular flexibility index (Phi) is 5.82. The van der Waals surface area contributed by atoms with Crippen molar-refractivity contribution in [2.24, 2.45) is 0 Å². The summed E-state index contributed by atoms with van der Waals surface area (Å²) in [5.74, 6) is -0.0662. The summed E-state index contributed by atoms with van der Waals surface area (Å²) in [6, 6.07) is 16.1. The van der Waals surface area contributed by atoms with Crippen molar-refractivity contribution in [3.05, 3.63) is 60.2 Å². The molecule has 1 heterocycles. The molecule has 0 radical (unpaired) electrons. The van der Waals surface area contributed by atoms with Gasteiger partial charge in [0.05, 0.1) is 4.90 Å². The fourth-order valence-corrected chi connectivity index (χ4v) is 4.40. The molecule has 0 bridgehead atoms. The van der Waals surface area contributed by atoms with E-state index in [1.165, 1.54) is 12.1 Å². The van der Waals surface area contributed by atoms with Crippen molar-refractivity contribution in [2.75, 3.05) is 31.1 Å². The lowest BCUT2D eigenvalue weighted by molar-refractivity contribution is 0.0746. The average molecular weight is 388 g/mol. The van der Waals surface area contributed by atoms with Crippen molar-refractivity contribution < 1.29 is 13.2 Å². The van der Waals surface area contributed by atoms with Gasteiger partial charge in [0.2, 0.25) is 10.0 Å². The molecular formula is C20H25N3O3S. The zero-order valence-electron chi connectivity index (χ0n) is 15.6. The molecule has 0 spiro atoms. The molecule has 1 saturated heterocycles. The largest absolute Gasteiger partial charge is 0.368 e. The van der Waals surface area contributed by atoms with Crippen LogP contribution in [-0.4, -0.2) is 51.4 Å². The van der Waals surface area contributed by atoms with Crippen LogP contribution in [-0.2, 0) is 10.0 Å². The number of amides is 1. The first-order chi connectivity index (χ1) is 12.9. The van der Waals surface area contributed by atoms with Crippen LogP contribution in [0, 0.1) is 0 Å². The number of nitrogens with zero attached hydrogens (tertiary/aromatic N) is 2. The van der Waals surface area contributed by atoms with Crippen LogP contribution in [0.1, 0.15) is 24.2 Å². The molecule has 144 valence electrons. The second-order valence-electron chi connectivity index (χ2n) is 6.92. The summed E-state index contributed by atoms with van der Waals surface area (Å²) in [6.07, 6.45) is 0. The quantitative estimate of drug-likeness (QED) is 0.855. The average Bonchev–Trinajstić information content (AvgIpc) is 2.67. The fourth-order valence-electron chi connectivity index (χ4n) is 3.14. The number of sulfonamides is 1. The molecule has 0 saturated carbocycles. The smallest absolute Gasteiger partial charge is 0.253 e. The van der Waals surface area contributed by atoms with E-state index in [1.54, 1.807) is 26.0 Å². The van der Waals surface area contributed by atoms with E-state index < -0.39 is 10.0 Å². The maximum absolute atomic E-state index is 12.7. The van der Waals surface area contributed by atoms with Crippen LogP contribution < -0.4 is 9.62 Å². The second-order valence-corrected chi connectivity index (χ2v) is 8.63. The van der Waals surface area contributed by atoms with Gasteiger partial charge in [-0.2, -0.15) is 0 Å². The predicted molar refractivity (Wildman–Crippen MR) is 106 cm³/mol. The van der Waals surface area contributed by atoms with E-state index in [0.717, 1.165) is 18.8 Å². The van der Waals surface area contributed by atoms with Gasteiger partial charge >= 0.3 is 0 Å². The molecule has 1 amide bonds. The molecule has 6 nitrogen and oxygen atoms in total. The lowest BCUT2D eigenvalue weighted by atomic mass is 10.1. The predicted octanol–water partition coefficient (Wildman–Crippen LogP) is 2.34. The van der Waals surface area contributed by atoms with Crippen molar-refractivity contribution in [1.29, 1.82) is 0 Å². The first kappa shape index (κ1) is 19.4. The van der Waals surface area contributed by atoms with E-state index in [1.807, 2.05) is 23.1 Å². The molecule has 0 aliphatic carbocycles. The third kappa shape index (κ3) is 4.67. The number of anilines is 1. The van der Waals surface area contributed by atoms with Crippen molar-refractivity contribution in [2.45, 2.75) is 24.8 Å². The van der Waals surface area contributed by atoms with Gasteiger partial charge < -0.3 is 9.80 Å².